The summed E-state index contributed by atoms with van der Waals surface area (Å²) in [5.41, 5.74) is 0.283. The van der Waals surface area contributed by atoms with Crippen molar-refractivity contribution in [3.05, 3.63) is 35.3 Å². The fourth-order valence-corrected chi connectivity index (χ4v) is 1.05. The first-order valence-electron chi connectivity index (χ1n) is 4.17. The molecule has 15 heavy (non-hydrogen) atoms. The van der Waals surface area contributed by atoms with Gasteiger partial charge in [-0.15, -0.1) is 0 Å². The first-order chi connectivity index (χ1) is 7.00. The van der Waals surface area contributed by atoms with Gasteiger partial charge in [0.2, 0.25) is 0 Å². The van der Waals surface area contributed by atoms with E-state index in [1.54, 1.807) is 0 Å². The predicted molar refractivity (Wildman–Crippen MR) is 50.0 cm³/mol. The molecule has 0 atom stereocenters. The number of amides is 1. The van der Waals surface area contributed by atoms with Gasteiger partial charge < -0.3 is 15.2 Å². The zero-order valence-electron chi connectivity index (χ0n) is 8.08. The van der Waals surface area contributed by atoms with Crippen LogP contribution in [0, 0.1) is 5.21 Å². The first kappa shape index (κ1) is 11.0. The number of aromatic nitrogens is 1. The molecule has 1 aromatic heterocycles. The van der Waals surface area contributed by atoms with Crippen molar-refractivity contribution in [2.75, 3.05) is 13.6 Å². The second-order valence-electron chi connectivity index (χ2n) is 3.00. The van der Waals surface area contributed by atoms with Crippen LogP contribution in [0.4, 0.5) is 0 Å². The van der Waals surface area contributed by atoms with E-state index in [9.17, 15) is 14.8 Å². The Bertz CT molecular complexity index is 374. The average molecular weight is 210 g/mol. The highest BCUT2D eigenvalue weighted by atomic mass is 16.5. The summed E-state index contributed by atoms with van der Waals surface area (Å²) in [7, 11) is 1.38. The maximum absolute atomic E-state index is 11.5. The van der Waals surface area contributed by atoms with Crippen molar-refractivity contribution in [3.63, 3.8) is 0 Å². The number of carbonyl (C=O) groups is 2. The van der Waals surface area contributed by atoms with Crippen molar-refractivity contribution in [3.8, 4) is 0 Å². The van der Waals surface area contributed by atoms with E-state index < -0.39 is 11.9 Å². The molecule has 1 rings (SSSR count). The van der Waals surface area contributed by atoms with E-state index in [0.29, 0.717) is 4.73 Å². The van der Waals surface area contributed by atoms with E-state index in [4.69, 9.17) is 5.11 Å². The Hall–Kier alpha value is -2.11. The minimum absolute atomic E-state index is 0.283. The lowest BCUT2D eigenvalue weighted by Gasteiger charge is -2.13. The van der Waals surface area contributed by atoms with Gasteiger partial charge in [0.1, 0.15) is 6.54 Å². The van der Waals surface area contributed by atoms with Gasteiger partial charge in [-0.25, -0.2) is 0 Å². The van der Waals surface area contributed by atoms with Crippen molar-refractivity contribution in [1.82, 2.24) is 4.90 Å². The summed E-state index contributed by atoms with van der Waals surface area (Å²) in [6.07, 6.45) is 2.36. The molecule has 6 nitrogen and oxygen atoms in total. The Labute approximate surface area is 85.9 Å². The summed E-state index contributed by atoms with van der Waals surface area (Å²) in [4.78, 5) is 23.0. The average Bonchev–Trinajstić information content (AvgIpc) is 2.17. The summed E-state index contributed by atoms with van der Waals surface area (Å²) < 4.78 is 0.550. The Balaban J connectivity index is 2.76. The van der Waals surface area contributed by atoms with Gasteiger partial charge in [0.25, 0.3) is 5.91 Å². The molecule has 0 aliphatic carbocycles. The van der Waals surface area contributed by atoms with Gasteiger partial charge >= 0.3 is 5.97 Å². The molecule has 0 aliphatic rings. The van der Waals surface area contributed by atoms with Crippen molar-refractivity contribution in [2.45, 2.75) is 0 Å². The molecule has 1 amide bonds. The standard InChI is InChI=1S/C9H10N2O4/c1-10(6-8(12)13)9(14)7-2-4-11(15)5-3-7/h2-5H,6H2,1H3,(H,12,13). The second kappa shape index (κ2) is 4.41. The monoisotopic (exact) mass is 210 g/mol. The molecule has 0 aliphatic heterocycles. The van der Waals surface area contributed by atoms with Crippen molar-refractivity contribution in [2.24, 2.45) is 0 Å². The quantitative estimate of drug-likeness (QED) is 0.537. The first-order valence-corrected chi connectivity index (χ1v) is 4.17. The van der Waals surface area contributed by atoms with Gasteiger partial charge in [0.05, 0.1) is 5.56 Å². The number of nitrogens with zero attached hydrogens (tertiary/aromatic N) is 2. The third-order valence-corrected chi connectivity index (χ3v) is 1.77. The molecule has 0 saturated heterocycles. The third-order valence-electron chi connectivity index (χ3n) is 1.77. The number of carboxylic acids is 1. The van der Waals surface area contributed by atoms with Crippen molar-refractivity contribution >= 4 is 11.9 Å². The van der Waals surface area contributed by atoms with Crippen LogP contribution in [0.3, 0.4) is 0 Å². The van der Waals surface area contributed by atoms with Crippen molar-refractivity contribution < 1.29 is 19.4 Å². The van der Waals surface area contributed by atoms with Crippen LogP contribution >= 0.6 is 0 Å². The SMILES string of the molecule is CN(CC(=O)O)C(=O)c1cc[n+]([O-])cc1. The Kier molecular flexibility index (Phi) is 3.22. The van der Waals surface area contributed by atoms with Crippen LogP contribution < -0.4 is 4.73 Å². The fraction of sp³-hybridized carbons (Fsp3) is 0.222. The van der Waals surface area contributed by atoms with Gasteiger partial charge in [-0.1, -0.05) is 0 Å². The van der Waals surface area contributed by atoms with E-state index in [1.165, 1.54) is 31.6 Å². The van der Waals surface area contributed by atoms with Crippen LogP contribution in [0.25, 0.3) is 0 Å². The molecule has 0 spiro atoms. The van der Waals surface area contributed by atoms with Gasteiger partial charge in [-0.05, 0) is 0 Å². The molecule has 6 heteroatoms. The second-order valence-corrected chi connectivity index (χ2v) is 3.00. The number of hydrogen-bond donors (Lipinski definition) is 1. The third kappa shape index (κ3) is 2.94. The highest BCUT2D eigenvalue weighted by molar-refractivity contribution is 5.95. The van der Waals surface area contributed by atoms with Crippen LogP contribution in [0.15, 0.2) is 24.5 Å². The number of carbonyl (C=O) groups excluding carboxylic acids is 1. The van der Waals surface area contributed by atoms with Crippen LogP contribution in [0.5, 0.6) is 0 Å². The van der Waals surface area contributed by atoms with Gasteiger partial charge in [0.15, 0.2) is 12.4 Å². The fourth-order valence-electron chi connectivity index (χ4n) is 1.05. The maximum atomic E-state index is 11.5. The van der Waals surface area contributed by atoms with Crippen LogP contribution in [0.2, 0.25) is 0 Å². The lowest BCUT2D eigenvalue weighted by Crippen LogP contribution is -2.33. The number of rotatable bonds is 3. The molecule has 0 radical (unpaired) electrons. The summed E-state index contributed by atoms with van der Waals surface area (Å²) >= 11 is 0. The Morgan fingerprint density at radius 2 is 2.00 bits per heavy atom. The molecule has 0 unspecified atom stereocenters. The summed E-state index contributed by atoms with van der Waals surface area (Å²) in [5, 5.41) is 19.2. The molecule has 0 bridgehead atoms. The minimum Gasteiger partial charge on any atom is -0.619 e. The van der Waals surface area contributed by atoms with E-state index in [1.807, 2.05) is 0 Å². The van der Waals surface area contributed by atoms with Gasteiger partial charge in [-0.3, -0.25) is 9.59 Å². The summed E-state index contributed by atoms with van der Waals surface area (Å²) in [6.45, 7) is -0.370. The van der Waals surface area contributed by atoms with Crippen molar-refractivity contribution in [1.29, 1.82) is 0 Å². The number of pyridine rings is 1. The zero-order valence-corrected chi connectivity index (χ0v) is 8.08. The molecule has 1 aromatic rings. The molecule has 1 heterocycles. The van der Waals surface area contributed by atoms with Crippen LogP contribution in [-0.4, -0.2) is 35.5 Å². The predicted octanol–water partition coefficient (Wildman–Crippen LogP) is -0.523. The van der Waals surface area contributed by atoms with Crippen LogP contribution in [0.1, 0.15) is 10.4 Å². The number of carboxylic acid groups (broad SMARTS) is 1. The Morgan fingerprint density at radius 3 is 2.47 bits per heavy atom. The zero-order chi connectivity index (χ0) is 11.4. The molecule has 0 fully saturated rings. The lowest BCUT2D eigenvalue weighted by atomic mass is 10.2. The normalized spacial score (nSPS) is 9.67. The van der Waals surface area contributed by atoms with E-state index in [-0.39, 0.29) is 12.1 Å². The lowest BCUT2D eigenvalue weighted by molar-refractivity contribution is -0.605. The molecule has 1 N–H and O–H groups in total. The summed E-state index contributed by atoms with van der Waals surface area (Å²) in [5.74, 6) is -1.52. The van der Waals surface area contributed by atoms with E-state index in [2.05, 4.69) is 0 Å². The highest BCUT2D eigenvalue weighted by Crippen LogP contribution is 2.00. The minimum atomic E-state index is -1.08. The molecular formula is C9H10N2O4. The largest absolute Gasteiger partial charge is 0.619 e. The number of aliphatic carboxylic acids is 1. The molecular weight excluding hydrogens is 200 g/mol. The topological polar surface area (TPSA) is 84.6 Å². The molecule has 0 saturated carbocycles. The van der Waals surface area contributed by atoms with Crippen LogP contribution in [-0.2, 0) is 4.79 Å². The Morgan fingerprint density at radius 1 is 1.47 bits per heavy atom. The van der Waals surface area contributed by atoms with Gasteiger partial charge in [-0.2, -0.15) is 4.73 Å². The smallest absolute Gasteiger partial charge is 0.323 e. The van der Waals surface area contributed by atoms with Gasteiger partial charge in [0, 0.05) is 19.2 Å². The molecule has 80 valence electrons. The van der Waals surface area contributed by atoms with E-state index in [0.717, 1.165) is 4.90 Å². The number of likely N-dealkylation sites (N-methyl/N-ethyl adjacent to an activating group) is 1. The van der Waals surface area contributed by atoms with E-state index >= 15 is 0 Å². The molecule has 0 aromatic carbocycles. The maximum Gasteiger partial charge on any atom is 0.323 e. The number of hydrogen-bond acceptors (Lipinski definition) is 3. The highest BCUT2D eigenvalue weighted by Gasteiger charge is 2.14. The summed E-state index contributed by atoms with van der Waals surface area (Å²) in [6, 6.07) is 2.68.